The first-order valence-electron chi connectivity index (χ1n) is 22.2. The normalized spacial score (nSPS) is 21.6. The number of halogens is 1. The Morgan fingerprint density at radius 2 is 1.54 bits per heavy atom. The van der Waals surface area contributed by atoms with Crippen LogP contribution in [0.5, 0.6) is 0 Å². The Balaban J connectivity index is 0.840. The van der Waals surface area contributed by atoms with Crippen molar-refractivity contribution in [3.8, 4) is 0 Å². The molecule has 1 saturated carbocycles. The molecular formula is C46H62FN7O7. The van der Waals surface area contributed by atoms with Crippen LogP contribution in [0.25, 0.3) is 10.8 Å². The van der Waals surface area contributed by atoms with Crippen molar-refractivity contribution in [2.75, 3.05) is 52.4 Å². The summed E-state index contributed by atoms with van der Waals surface area (Å²) in [5.74, 6) is -0.942. The second-order valence-electron chi connectivity index (χ2n) is 18.4. The molecule has 3 aromatic rings. The Labute approximate surface area is 357 Å². The fraction of sp³-hybridized carbons (Fsp3) is 0.609. The van der Waals surface area contributed by atoms with Crippen LogP contribution in [-0.4, -0.2) is 136 Å². The maximum atomic E-state index is 15.0. The van der Waals surface area contributed by atoms with Gasteiger partial charge in [0.2, 0.25) is 11.8 Å². The van der Waals surface area contributed by atoms with Crippen LogP contribution in [0.3, 0.4) is 0 Å². The van der Waals surface area contributed by atoms with Gasteiger partial charge in [-0.05, 0) is 95.9 Å². The summed E-state index contributed by atoms with van der Waals surface area (Å²) in [5, 5.41) is 10.9. The van der Waals surface area contributed by atoms with Crippen LogP contribution in [0.1, 0.15) is 107 Å². The zero-order chi connectivity index (χ0) is 43.3. The highest BCUT2D eigenvalue weighted by molar-refractivity contribution is 5.95. The maximum absolute atomic E-state index is 15.0. The summed E-state index contributed by atoms with van der Waals surface area (Å²) in [6.07, 6.45) is 8.06. The zero-order valence-electron chi connectivity index (χ0n) is 36.1. The second-order valence-corrected chi connectivity index (χ2v) is 18.4. The van der Waals surface area contributed by atoms with Gasteiger partial charge >= 0.3 is 6.09 Å². The van der Waals surface area contributed by atoms with Gasteiger partial charge in [-0.1, -0.05) is 43.5 Å². The van der Waals surface area contributed by atoms with Gasteiger partial charge in [-0.3, -0.25) is 24.1 Å². The van der Waals surface area contributed by atoms with Crippen LogP contribution < -0.4 is 10.9 Å². The number of amides is 4. The molecule has 14 nitrogen and oxygen atoms in total. The number of hydrogen-bond donors (Lipinski definition) is 2. The number of aromatic nitrogens is 2. The molecule has 4 aliphatic rings. The minimum Gasteiger partial charge on any atom is -0.444 e. The first-order valence-corrected chi connectivity index (χ1v) is 22.2. The number of benzene rings is 2. The Kier molecular flexibility index (Phi) is 14.1. The van der Waals surface area contributed by atoms with Gasteiger partial charge in [-0.2, -0.15) is 5.10 Å². The number of hydrogen-bond acceptors (Lipinski definition) is 9. The van der Waals surface area contributed by atoms with Gasteiger partial charge in [0.1, 0.15) is 17.5 Å². The molecular weight excluding hydrogens is 782 g/mol. The van der Waals surface area contributed by atoms with E-state index in [1.165, 1.54) is 6.07 Å². The molecule has 7 rings (SSSR count). The van der Waals surface area contributed by atoms with Crippen LogP contribution in [0.2, 0.25) is 0 Å². The molecule has 0 radical (unpaired) electrons. The summed E-state index contributed by atoms with van der Waals surface area (Å²) < 4.78 is 27.2. The third kappa shape index (κ3) is 11.1. The Hall–Kier alpha value is -4.89. The fourth-order valence-electron chi connectivity index (χ4n) is 9.48. The van der Waals surface area contributed by atoms with Crippen molar-refractivity contribution in [3.63, 3.8) is 0 Å². The molecule has 0 bridgehead atoms. The number of H-pyrrole nitrogens is 1. The number of ether oxygens (including phenoxy) is 2. The molecule has 0 spiro atoms. The number of nitrogens with one attached hydrogen (secondary N) is 2. The topological polar surface area (TPSA) is 157 Å². The predicted octanol–water partition coefficient (Wildman–Crippen LogP) is 5.27. The Bertz CT molecular complexity index is 2100. The molecule has 3 aliphatic heterocycles. The molecule has 15 heteroatoms. The highest BCUT2D eigenvalue weighted by Crippen LogP contribution is 2.31. The Morgan fingerprint density at radius 1 is 0.869 bits per heavy atom. The largest absolute Gasteiger partial charge is 0.444 e. The maximum Gasteiger partial charge on any atom is 0.408 e. The molecule has 4 heterocycles. The number of piperidine rings is 2. The smallest absolute Gasteiger partial charge is 0.408 e. The van der Waals surface area contributed by atoms with Crippen LogP contribution in [0.4, 0.5) is 9.18 Å². The lowest BCUT2D eigenvalue weighted by Crippen LogP contribution is -2.57. The van der Waals surface area contributed by atoms with Crippen molar-refractivity contribution in [1.82, 2.24) is 35.1 Å². The highest BCUT2D eigenvalue weighted by atomic mass is 19.1. The number of nitrogens with zero attached hydrogens (tertiary/aromatic N) is 5. The van der Waals surface area contributed by atoms with E-state index in [0.29, 0.717) is 67.7 Å². The minimum absolute atomic E-state index is 0.0128. The molecule has 61 heavy (non-hydrogen) atoms. The summed E-state index contributed by atoms with van der Waals surface area (Å²) >= 11 is 0. The molecule has 4 amide bonds. The van der Waals surface area contributed by atoms with E-state index < -0.39 is 29.5 Å². The average Bonchev–Trinajstić information content (AvgIpc) is 3.24. The monoisotopic (exact) mass is 843 g/mol. The van der Waals surface area contributed by atoms with Gasteiger partial charge in [-0.15, -0.1) is 0 Å². The molecule has 2 aromatic carbocycles. The minimum atomic E-state index is -0.650. The van der Waals surface area contributed by atoms with Gasteiger partial charge in [-0.25, -0.2) is 14.3 Å². The molecule has 0 unspecified atom stereocenters. The Morgan fingerprint density at radius 3 is 2.23 bits per heavy atom. The SMILES string of the molecule is C[C@H]1C[C@@H](OC2CCN(CC(=O)N3CCN(C(=O)c4cc(Cc5n[nH]c(=O)c6ccccc56)ccc4F)CC3)CC2)CCN1C(=O)[C@H](NC(=O)OC(C)(C)C)C1CCCCC1. The van der Waals surface area contributed by atoms with Gasteiger partial charge < -0.3 is 29.5 Å². The molecule has 3 atom stereocenters. The first kappa shape index (κ1) is 44.2. The fourth-order valence-corrected chi connectivity index (χ4v) is 9.48. The molecule has 2 N–H and O–H groups in total. The van der Waals surface area contributed by atoms with E-state index in [0.717, 1.165) is 70.9 Å². The lowest BCUT2D eigenvalue weighted by atomic mass is 9.83. The average molecular weight is 844 g/mol. The van der Waals surface area contributed by atoms with Gasteiger partial charge in [0.05, 0.1) is 35.4 Å². The number of alkyl carbamates (subject to hydrolysis) is 1. The molecule has 4 fully saturated rings. The van der Waals surface area contributed by atoms with Crippen LogP contribution in [0.15, 0.2) is 47.3 Å². The predicted molar refractivity (Wildman–Crippen MR) is 229 cm³/mol. The van der Waals surface area contributed by atoms with Gasteiger partial charge in [0.25, 0.3) is 11.5 Å². The number of aromatic amines is 1. The number of carbonyl (C=O) groups excluding carboxylic acids is 4. The summed E-state index contributed by atoms with van der Waals surface area (Å²) in [5.41, 5.74) is 0.355. The third-order valence-corrected chi connectivity index (χ3v) is 12.8. The molecule has 1 aromatic heterocycles. The van der Waals surface area contributed by atoms with E-state index in [1.54, 1.807) is 34.1 Å². The van der Waals surface area contributed by atoms with Crippen molar-refractivity contribution >= 4 is 34.6 Å². The van der Waals surface area contributed by atoms with Gasteiger partial charge in [0.15, 0.2) is 0 Å². The molecule has 330 valence electrons. The van der Waals surface area contributed by atoms with E-state index in [2.05, 4.69) is 27.3 Å². The van der Waals surface area contributed by atoms with Crippen LogP contribution in [-0.2, 0) is 25.5 Å². The summed E-state index contributed by atoms with van der Waals surface area (Å²) in [6.45, 7) is 11.2. The number of rotatable bonds is 10. The highest BCUT2D eigenvalue weighted by Gasteiger charge is 2.39. The second kappa shape index (κ2) is 19.4. The van der Waals surface area contributed by atoms with E-state index >= 15 is 4.39 Å². The van der Waals surface area contributed by atoms with Crippen LogP contribution >= 0.6 is 0 Å². The van der Waals surface area contributed by atoms with Crippen molar-refractivity contribution in [3.05, 3.63) is 75.5 Å². The lowest BCUT2D eigenvalue weighted by Gasteiger charge is -2.42. The number of piperazine rings is 1. The molecule has 3 saturated heterocycles. The van der Waals surface area contributed by atoms with Gasteiger partial charge in [0, 0.05) is 63.7 Å². The summed E-state index contributed by atoms with van der Waals surface area (Å²) in [7, 11) is 0. The summed E-state index contributed by atoms with van der Waals surface area (Å²) in [6, 6.07) is 11.0. The van der Waals surface area contributed by atoms with Crippen molar-refractivity contribution in [2.45, 2.75) is 122 Å². The summed E-state index contributed by atoms with van der Waals surface area (Å²) in [4.78, 5) is 73.4. The standard InChI is InChI=1S/C46H62FN7O7/c1-30-26-34(18-21-54(30)44(58)41(32-10-6-5-7-11-32)48-45(59)61-46(2,3)4)60-33-16-19-51(20-17-33)29-40(55)52-22-24-53(25-23-52)43(57)37-27-31(14-15-38(37)47)28-39-35-12-8-9-13-36(35)42(56)50-49-39/h8-9,12-15,27,30,32-34,41H,5-7,10-11,16-26,28-29H2,1-4H3,(H,48,59)(H,50,56)/t30-,34-,41+/m0/s1. The zero-order valence-corrected chi connectivity index (χ0v) is 36.1. The number of fused-ring (bicyclic) bond motifs is 1. The van der Waals surface area contributed by atoms with Crippen molar-refractivity contribution < 1.29 is 33.0 Å². The molecule has 1 aliphatic carbocycles. The van der Waals surface area contributed by atoms with Crippen LogP contribution in [0, 0.1) is 11.7 Å². The lowest BCUT2D eigenvalue weighted by molar-refractivity contribution is -0.143. The van der Waals surface area contributed by atoms with E-state index in [1.807, 2.05) is 37.8 Å². The first-order chi connectivity index (χ1) is 29.2. The van der Waals surface area contributed by atoms with E-state index in [-0.39, 0.29) is 47.1 Å². The van der Waals surface area contributed by atoms with Crippen molar-refractivity contribution in [2.24, 2.45) is 5.92 Å². The quantitative estimate of drug-likeness (QED) is 0.278. The van der Waals surface area contributed by atoms with E-state index in [4.69, 9.17) is 9.47 Å². The number of likely N-dealkylation sites (tertiary alicyclic amines) is 2. The van der Waals surface area contributed by atoms with Crippen molar-refractivity contribution in [1.29, 1.82) is 0 Å². The van der Waals surface area contributed by atoms with E-state index in [9.17, 15) is 24.0 Å². The number of carbonyl (C=O) groups is 4. The third-order valence-electron chi connectivity index (χ3n) is 12.8.